The third-order valence-electron chi connectivity index (χ3n) is 2.06. The van der Waals surface area contributed by atoms with E-state index in [9.17, 15) is 9.59 Å². The van der Waals surface area contributed by atoms with E-state index in [2.05, 4.69) is 10.1 Å². The normalized spacial score (nSPS) is 11.6. The first kappa shape index (κ1) is 19.9. The summed E-state index contributed by atoms with van der Waals surface area (Å²) in [5, 5.41) is 2.74. The van der Waals surface area contributed by atoms with Crippen molar-refractivity contribution in [1.29, 1.82) is 0 Å². The molecule has 0 aromatic rings. The Morgan fingerprint density at radius 3 is 2.50 bits per heavy atom. The highest BCUT2D eigenvalue weighted by atomic mass is 35.5. The van der Waals surface area contributed by atoms with Gasteiger partial charge in [0, 0.05) is 12.3 Å². The number of thioether (sulfide) groups is 1. The van der Waals surface area contributed by atoms with Crippen molar-refractivity contribution in [2.24, 2.45) is 11.7 Å². The Kier molecular flexibility index (Phi) is 12.8. The highest BCUT2D eigenvalue weighted by Crippen LogP contribution is 2.03. The molecule has 0 bridgehead atoms. The van der Waals surface area contributed by atoms with Crippen LogP contribution in [0.25, 0.3) is 0 Å². The van der Waals surface area contributed by atoms with E-state index in [-0.39, 0.29) is 24.3 Å². The quantitative estimate of drug-likeness (QED) is 0.512. The van der Waals surface area contributed by atoms with Gasteiger partial charge in [-0.05, 0) is 12.3 Å². The molecule has 3 N–H and O–H groups in total. The number of rotatable bonds is 8. The molecule has 0 unspecified atom stereocenters. The summed E-state index contributed by atoms with van der Waals surface area (Å²) in [6, 6.07) is -0.444. The number of methoxy groups -OCH3 is 1. The Morgan fingerprint density at radius 1 is 1.39 bits per heavy atom. The molecule has 0 spiro atoms. The fourth-order valence-corrected chi connectivity index (χ4v) is 1.88. The molecule has 7 heteroatoms. The van der Waals surface area contributed by atoms with E-state index in [1.165, 1.54) is 18.9 Å². The number of hydrogen-bond donors (Lipinski definition) is 2. The number of nitrogens with one attached hydrogen (secondary N) is 1. The van der Waals surface area contributed by atoms with E-state index in [0.29, 0.717) is 30.4 Å². The van der Waals surface area contributed by atoms with E-state index < -0.39 is 6.04 Å². The van der Waals surface area contributed by atoms with Crippen molar-refractivity contribution < 1.29 is 14.3 Å². The SMILES string of the molecule is COC(=O)CSCCNC(=O)[C@@H](N)CC(C)C.Cl. The van der Waals surface area contributed by atoms with E-state index in [1.54, 1.807) is 0 Å². The molecule has 0 fully saturated rings. The van der Waals surface area contributed by atoms with Crippen LogP contribution < -0.4 is 11.1 Å². The maximum Gasteiger partial charge on any atom is 0.315 e. The molecule has 0 aliphatic rings. The average Bonchev–Trinajstić information content (AvgIpc) is 2.26. The van der Waals surface area contributed by atoms with Crippen molar-refractivity contribution in [2.75, 3.05) is 25.2 Å². The number of ether oxygens (including phenoxy) is 1. The van der Waals surface area contributed by atoms with Crippen molar-refractivity contribution in [1.82, 2.24) is 5.32 Å². The Labute approximate surface area is 119 Å². The first-order valence-corrected chi connectivity index (χ1v) is 6.80. The molecule has 5 nitrogen and oxygen atoms in total. The highest BCUT2D eigenvalue weighted by molar-refractivity contribution is 7.99. The van der Waals surface area contributed by atoms with Gasteiger partial charge in [-0.1, -0.05) is 13.8 Å². The molecule has 0 radical (unpaired) electrons. The Balaban J connectivity index is 0. The lowest BCUT2D eigenvalue weighted by molar-refractivity contribution is -0.137. The molecule has 0 saturated carbocycles. The lowest BCUT2D eigenvalue weighted by Crippen LogP contribution is -2.42. The molecule has 1 amide bonds. The van der Waals surface area contributed by atoms with Crippen molar-refractivity contribution in [3.8, 4) is 0 Å². The van der Waals surface area contributed by atoms with Gasteiger partial charge in [0.05, 0.1) is 18.9 Å². The summed E-state index contributed by atoms with van der Waals surface area (Å²) in [6.45, 7) is 4.57. The number of hydrogen-bond acceptors (Lipinski definition) is 5. The van der Waals surface area contributed by atoms with Gasteiger partial charge in [0.1, 0.15) is 0 Å². The van der Waals surface area contributed by atoms with Crippen LogP contribution in [0.1, 0.15) is 20.3 Å². The number of halogens is 1. The van der Waals surface area contributed by atoms with Gasteiger partial charge in [0.15, 0.2) is 0 Å². The van der Waals surface area contributed by atoms with E-state index in [0.717, 1.165) is 0 Å². The first-order chi connectivity index (χ1) is 7.97. The summed E-state index contributed by atoms with van der Waals surface area (Å²) < 4.78 is 4.49. The smallest absolute Gasteiger partial charge is 0.315 e. The van der Waals surface area contributed by atoms with Crippen molar-refractivity contribution in [3.63, 3.8) is 0 Å². The van der Waals surface area contributed by atoms with Crippen LogP contribution in [0, 0.1) is 5.92 Å². The summed E-state index contributed by atoms with van der Waals surface area (Å²) in [4.78, 5) is 22.3. The number of nitrogens with two attached hydrogens (primary N) is 1. The molecule has 0 aliphatic carbocycles. The number of carbonyl (C=O) groups excluding carboxylic acids is 2. The minimum atomic E-state index is -0.444. The molecule has 18 heavy (non-hydrogen) atoms. The van der Waals surface area contributed by atoms with Crippen LogP contribution in [0.3, 0.4) is 0 Å². The molecular weight excluding hydrogens is 276 g/mol. The molecule has 0 aromatic carbocycles. The van der Waals surface area contributed by atoms with Crippen molar-refractivity contribution in [3.05, 3.63) is 0 Å². The van der Waals surface area contributed by atoms with Crippen LogP contribution in [-0.2, 0) is 14.3 Å². The monoisotopic (exact) mass is 298 g/mol. The Hall–Kier alpha value is -0.460. The zero-order valence-electron chi connectivity index (χ0n) is 11.1. The molecule has 0 saturated heterocycles. The maximum atomic E-state index is 11.5. The van der Waals surface area contributed by atoms with Crippen LogP contribution in [0.4, 0.5) is 0 Å². The van der Waals surface area contributed by atoms with E-state index in [1.807, 2.05) is 13.8 Å². The van der Waals surface area contributed by atoms with Gasteiger partial charge < -0.3 is 15.8 Å². The summed E-state index contributed by atoms with van der Waals surface area (Å²) >= 11 is 1.42. The molecule has 1 atom stereocenters. The van der Waals surface area contributed by atoms with Crippen molar-refractivity contribution >= 4 is 36.0 Å². The summed E-state index contributed by atoms with van der Waals surface area (Å²) in [5.41, 5.74) is 5.71. The fourth-order valence-electron chi connectivity index (χ4n) is 1.21. The Bertz CT molecular complexity index is 252. The topological polar surface area (TPSA) is 81.4 Å². The third-order valence-corrected chi connectivity index (χ3v) is 2.99. The van der Waals surface area contributed by atoms with Gasteiger partial charge in [0.2, 0.25) is 5.91 Å². The second-order valence-electron chi connectivity index (χ2n) is 4.16. The van der Waals surface area contributed by atoms with Crippen LogP contribution >= 0.6 is 24.2 Å². The van der Waals surface area contributed by atoms with Crippen LogP contribution in [0.15, 0.2) is 0 Å². The first-order valence-electron chi connectivity index (χ1n) is 5.65. The average molecular weight is 299 g/mol. The maximum absolute atomic E-state index is 11.5. The molecule has 0 rings (SSSR count). The number of esters is 1. The van der Waals surface area contributed by atoms with Crippen LogP contribution in [0.5, 0.6) is 0 Å². The van der Waals surface area contributed by atoms with Crippen LogP contribution in [-0.4, -0.2) is 43.1 Å². The predicted molar refractivity (Wildman–Crippen MR) is 77.0 cm³/mol. The lowest BCUT2D eigenvalue weighted by Gasteiger charge is -2.13. The predicted octanol–water partition coefficient (Wildman–Crippen LogP) is 0.804. The minimum Gasteiger partial charge on any atom is -0.468 e. The van der Waals surface area contributed by atoms with E-state index >= 15 is 0 Å². The summed E-state index contributed by atoms with van der Waals surface area (Å²) in [5.74, 6) is 1.01. The second kappa shape index (κ2) is 11.6. The second-order valence-corrected chi connectivity index (χ2v) is 5.26. The van der Waals surface area contributed by atoms with Crippen molar-refractivity contribution in [2.45, 2.75) is 26.3 Å². The van der Waals surface area contributed by atoms with Crippen LogP contribution in [0.2, 0.25) is 0 Å². The fraction of sp³-hybridized carbons (Fsp3) is 0.818. The van der Waals surface area contributed by atoms with Gasteiger partial charge in [-0.2, -0.15) is 0 Å². The number of carbonyl (C=O) groups is 2. The van der Waals surface area contributed by atoms with E-state index in [4.69, 9.17) is 5.73 Å². The zero-order valence-corrected chi connectivity index (χ0v) is 12.7. The molecular formula is C11H23ClN2O3S. The number of amides is 1. The minimum absolute atomic E-state index is 0. The van der Waals surface area contributed by atoms with Gasteiger partial charge in [-0.3, -0.25) is 9.59 Å². The van der Waals surface area contributed by atoms with Gasteiger partial charge in [-0.15, -0.1) is 24.2 Å². The largest absolute Gasteiger partial charge is 0.468 e. The van der Waals surface area contributed by atoms with Gasteiger partial charge in [-0.25, -0.2) is 0 Å². The standard InChI is InChI=1S/C11H22N2O3S.ClH/c1-8(2)6-9(12)11(15)13-4-5-17-7-10(14)16-3;/h8-9H,4-7,12H2,1-3H3,(H,13,15);1H/t9-;/m0./s1. The highest BCUT2D eigenvalue weighted by Gasteiger charge is 2.13. The third kappa shape index (κ3) is 10.7. The lowest BCUT2D eigenvalue weighted by atomic mass is 10.0. The van der Waals surface area contributed by atoms with Gasteiger partial charge in [0.25, 0.3) is 0 Å². The Morgan fingerprint density at radius 2 is 2.00 bits per heavy atom. The molecule has 0 heterocycles. The van der Waals surface area contributed by atoms with Gasteiger partial charge >= 0.3 is 5.97 Å². The summed E-state index contributed by atoms with van der Waals surface area (Å²) in [7, 11) is 1.36. The summed E-state index contributed by atoms with van der Waals surface area (Å²) in [6.07, 6.45) is 0.682. The zero-order chi connectivity index (χ0) is 13.3. The molecule has 0 aliphatic heterocycles. The molecule has 0 aromatic heterocycles. The molecule has 108 valence electrons.